The van der Waals surface area contributed by atoms with Crippen molar-refractivity contribution in [3.8, 4) is 6.07 Å². The third-order valence-corrected chi connectivity index (χ3v) is 2.75. The summed E-state index contributed by atoms with van der Waals surface area (Å²) in [5, 5.41) is 9.03. The minimum Gasteiger partial charge on any atom is -0.465 e. The highest BCUT2D eigenvalue weighted by molar-refractivity contribution is 5.79. The van der Waals surface area contributed by atoms with Crippen molar-refractivity contribution in [3.05, 3.63) is 0 Å². The third-order valence-electron chi connectivity index (χ3n) is 2.75. The molecule has 92 valence electrons. The number of hydrogen-bond acceptors (Lipinski definition) is 3. The lowest BCUT2D eigenvalue weighted by molar-refractivity contribution is -0.151. The fourth-order valence-corrected chi connectivity index (χ4v) is 1.58. The van der Waals surface area contributed by atoms with Crippen molar-refractivity contribution in [3.63, 3.8) is 0 Å². The van der Waals surface area contributed by atoms with Gasteiger partial charge in [0.25, 0.3) is 0 Å². The van der Waals surface area contributed by atoms with Gasteiger partial charge >= 0.3 is 5.97 Å². The number of hydrogen-bond donors (Lipinski definition) is 0. The van der Waals surface area contributed by atoms with E-state index in [0.29, 0.717) is 13.0 Å². The van der Waals surface area contributed by atoms with Gasteiger partial charge in [-0.1, -0.05) is 39.0 Å². The SMILES string of the molecule is CCCCCCCC(C)(C#N)C(=O)OCC. The van der Waals surface area contributed by atoms with Gasteiger partial charge in [-0.05, 0) is 20.3 Å². The van der Waals surface area contributed by atoms with E-state index in [9.17, 15) is 4.79 Å². The third kappa shape index (κ3) is 5.16. The van der Waals surface area contributed by atoms with E-state index in [4.69, 9.17) is 10.00 Å². The molecule has 0 aliphatic carbocycles. The predicted molar refractivity (Wildman–Crippen MR) is 63.7 cm³/mol. The van der Waals surface area contributed by atoms with E-state index in [1.54, 1.807) is 13.8 Å². The zero-order valence-electron chi connectivity index (χ0n) is 10.7. The molecule has 0 aromatic heterocycles. The van der Waals surface area contributed by atoms with Crippen molar-refractivity contribution in [2.75, 3.05) is 6.61 Å². The Labute approximate surface area is 98.8 Å². The van der Waals surface area contributed by atoms with E-state index in [1.807, 2.05) is 0 Å². The summed E-state index contributed by atoms with van der Waals surface area (Å²) in [6.45, 7) is 5.94. The lowest BCUT2D eigenvalue weighted by atomic mass is 9.86. The highest BCUT2D eigenvalue weighted by Gasteiger charge is 2.34. The van der Waals surface area contributed by atoms with Crippen molar-refractivity contribution < 1.29 is 9.53 Å². The second-order valence-electron chi connectivity index (χ2n) is 4.33. The minimum atomic E-state index is -0.956. The average molecular weight is 225 g/mol. The highest BCUT2D eigenvalue weighted by atomic mass is 16.5. The van der Waals surface area contributed by atoms with E-state index in [0.717, 1.165) is 12.8 Å². The molecule has 0 aromatic carbocycles. The first-order valence-corrected chi connectivity index (χ1v) is 6.19. The zero-order valence-corrected chi connectivity index (χ0v) is 10.7. The molecule has 0 fully saturated rings. The van der Waals surface area contributed by atoms with Gasteiger partial charge in [0, 0.05) is 0 Å². The Morgan fingerprint density at radius 1 is 1.25 bits per heavy atom. The van der Waals surface area contributed by atoms with Crippen molar-refractivity contribution in [2.45, 2.75) is 59.3 Å². The van der Waals surface area contributed by atoms with Gasteiger partial charge in [0.1, 0.15) is 0 Å². The number of nitrogens with zero attached hydrogens (tertiary/aromatic N) is 1. The lowest BCUT2D eigenvalue weighted by Crippen LogP contribution is -2.28. The van der Waals surface area contributed by atoms with Gasteiger partial charge in [0.2, 0.25) is 0 Å². The van der Waals surface area contributed by atoms with Gasteiger partial charge in [-0.15, -0.1) is 0 Å². The van der Waals surface area contributed by atoms with Crippen molar-refractivity contribution >= 4 is 5.97 Å². The van der Waals surface area contributed by atoms with E-state index < -0.39 is 5.41 Å². The molecule has 16 heavy (non-hydrogen) atoms. The summed E-state index contributed by atoms with van der Waals surface area (Å²) < 4.78 is 4.91. The Kier molecular flexibility index (Phi) is 7.62. The number of rotatable bonds is 8. The molecule has 1 atom stereocenters. The molecule has 0 amide bonds. The topological polar surface area (TPSA) is 50.1 Å². The Morgan fingerprint density at radius 2 is 1.88 bits per heavy atom. The summed E-state index contributed by atoms with van der Waals surface area (Å²) in [4.78, 5) is 11.6. The maximum absolute atomic E-state index is 11.6. The summed E-state index contributed by atoms with van der Waals surface area (Å²) in [7, 11) is 0. The fraction of sp³-hybridized carbons (Fsp3) is 0.846. The maximum Gasteiger partial charge on any atom is 0.326 e. The van der Waals surface area contributed by atoms with Crippen LogP contribution in [0.5, 0.6) is 0 Å². The molecule has 0 saturated carbocycles. The molecule has 0 aliphatic heterocycles. The Balaban J connectivity index is 3.98. The molecule has 0 heterocycles. The summed E-state index contributed by atoms with van der Waals surface area (Å²) in [6.07, 6.45) is 6.22. The second-order valence-corrected chi connectivity index (χ2v) is 4.33. The van der Waals surface area contributed by atoms with E-state index in [2.05, 4.69) is 13.0 Å². The minimum absolute atomic E-state index is 0.339. The quantitative estimate of drug-likeness (QED) is 0.469. The maximum atomic E-state index is 11.6. The first-order valence-electron chi connectivity index (χ1n) is 6.19. The van der Waals surface area contributed by atoms with Gasteiger partial charge in [-0.2, -0.15) is 5.26 Å². The Hall–Kier alpha value is -1.04. The normalized spacial score (nSPS) is 13.9. The summed E-state index contributed by atoms with van der Waals surface area (Å²) in [5.41, 5.74) is -0.956. The first kappa shape index (κ1) is 15.0. The van der Waals surface area contributed by atoms with Crippen LogP contribution in [0, 0.1) is 16.7 Å². The molecule has 1 unspecified atom stereocenters. The number of ether oxygens (including phenoxy) is 1. The van der Waals surface area contributed by atoms with Crippen LogP contribution in [0.3, 0.4) is 0 Å². The van der Waals surface area contributed by atoms with Crippen LogP contribution in [0.2, 0.25) is 0 Å². The molecule has 0 rings (SSSR count). The number of unbranched alkanes of at least 4 members (excludes halogenated alkanes) is 4. The number of carbonyl (C=O) groups is 1. The number of nitriles is 1. The number of esters is 1. The van der Waals surface area contributed by atoms with E-state index >= 15 is 0 Å². The largest absolute Gasteiger partial charge is 0.465 e. The van der Waals surface area contributed by atoms with Crippen LogP contribution in [0.4, 0.5) is 0 Å². The lowest BCUT2D eigenvalue weighted by Gasteiger charge is -2.18. The van der Waals surface area contributed by atoms with E-state index in [1.165, 1.54) is 19.3 Å². The van der Waals surface area contributed by atoms with Crippen LogP contribution < -0.4 is 0 Å². The molecule has 0 aromatic rings. The van der Waals surface area contributed by atoms with Crippen LogP contribution >= 0.6 is 0 Å². The first-order chi connectivity index (χ1) is 7.60. The van der Waals surface area contributed by atoms with Gasteiger partial charge in [0.15, 0.2) is 5.41 Å². The van der Waals surface area contributed by atoms with Crippen LogP contribution in [0.1, 0.15) is 59.3 Å². The van der Waals surface area contributed by atoms with E-state index in [-0.39, 0.29) is 5.97 Å². The Morgan fingerprint density at radius 3 is 2.38 bits per heavy atom. The average Bonchev–Trinajstić information content (AvgIpc) is 2.28. The molecule has 3 nitrogen and oxygen atoms in total. The smallest absolute Gasteiger partial charge is 0.326 e. The van der Waals surface area contributed by atoms with Crippen molar-refractivity contribution in [1.82, 2.24) is 0 Å². The highest BCUT2D eigenvalue weighted by Crippen LogP contribution is 2.25. The second kappa shape index (κ2) is 8.15. The van der Waals surface area contributed by atoms with Gasteiger partial charge in [-0.3, -0.25) is 4.79 Å². The fourth-order valence-electron chi connectivity index (χ4n) is 1.58. The standard InChI is InChI=1S/C13H23NO2/c1-4-6-7-8-9-10-13(3,11-14)12(15)16-5-2/h4-10H2,1-3H3. The van der Waals surface area contributed by atoms with Crippen LogP contribution in [-0.2, 0) is 9.53 Å². The summed E-state index contributed by atoms with van der Waals surface area (Å²) in [6, 6.07) is 2.08. The molecule has 0 saturated heterocycles. The van der Waals surface area contributed by atoms with Crippen LogP contribution in [0.15, 0.2) is 0 Å². The Bertz CT molecular complexity index is 245. The molecular formula is C13H23NO2. The predicted octanol–water partition coefficient (Wildman–Crippen LogP) is 3.44. The molecule has 0 radical (unpaired) electrons. The van der Waals surface area contributed by atoms with Gasteiger partial charge < -0.3 is 4.74 Å². The summed E-state index contributed by atoms with van der Waals surface area (Å²) >= 11 is 0. The summed E-state index contributed by atoms with van der Waals surface area (Å²) in [5.74, 6) is -0.381. The van der Waals surface area contributed by atoms with Gasteiger partial charge in [0.05, 0.1) is 12.7 Å². The molecule has 3 heteroatoms. The van der Waals surface area contributed by atoms with Crippen molar-refractivity contribution in [1.29, 1.82) is 5.26 Å². The molecular weight excluding hydrogens is 202 g/mol. The van der Waals surface area contributed by atoms with Crippen LogP contribution in [0.25, 0.3) is 0 Å². The molecule has 0 N–H and O–H groups in total. The van der Waals surface area contributed by atoms with Crippen LogP contribution in [-0.4, -0.2) is 12.6 Å². The molecule has 0 bridgehead atoms. The monoisotopic (exact) mass is 225 g/mol. The number of carbonyl (C=O) groups excluding carboxylic acids is 1. The van der Waals surface area contributed by atoms with Gasteiger partial charge in [-0.25, -0.2) is 0 Å². The molecule has 0 aliphatic rings. The van der Waals surface area contributed by atoms with Crippen molar-refractivity contribution in [2.24, 2.45) is 5.41 Å². The zero-order chi connectivity index (χ0) is 12.4. The molecule has 0 spiro atoms.